The molecule has 2 rings (SSSR count). The number of carbonyl (C=O) groups is 1. The van der Waals surface area contributed by atoms with Crippen LogP contribution in [0.4, 0.5) is 0 Å². The lowest BCUT2D eigenvalue weighted by molar-refractivity contribution is 0.0921. The summed E-state index contributed by atoms with van der Waals surface area (Å²) in [4.78, 5) is 16.0. The van der Waals surface area contributed by atoms with Crippen LogP contribution in [0.1, 0.15) is 41.2 Å². The Hall–Kier alpha value is -0.940. The van der Waals surface area contributed by atoms with E-state index in [1.165, 1.54) is 11.3 Å². The van der Waals surface area contributed by atoms with Gasteiger partial charge in [-0.05, 0) is 32.6 Å². The molecule has 0 atom stereocenters. The molecule has 0 bridgehead atoms. The third kappa shape index (κ3) is 2.80. The molecule has 1 fully saturated rings. The van der Waals surface area contributed by atoms with Gasteiger partial charge in [0.15, 0.2) is 0 Å². The van der Waals surface area contributed by atoms with Crippen LogP contribution in [0.15, 0.2) is 5.38 Å². The van der Waals surface area contributed by atoms with Crippen molar-refractivity contribution in [2.75, 3.05) is 0 Å². The highest BCUT2D eigenvalue weighted by molar-refractivity contribution is 7.09. The third-order valence-corrected chi connectivity index (χ3v) is 3.73. The standard InChI is InChI=1S/C11H17N3OS/c1-7-13-10(6-16-7)11(15)14-9-4-2-8(12)3-5-9/h6,8-9H,2-5,12H2,1H3,(H,14,15). The summed E-state index contributed by atoms with van der Waals surface area (Å²) in [5.41, 5.74) is 6.36. The van der Waals surface area contributed by atoms with Gasteiger partial charge in [-0.15, -0.1) is 11.3 Å². The number of hydrogen-bond donors (Lipinski definition) is 2. The van der Waals surface area contributed by atoms with Crippen LogP contribution in [0.5, 0.6) is 0 Å². The third-order valence-electron chi connectivity index (χ3n) is 2.96. The average molecular weight is 239 g/mol. The molecule has 1 aliphatic rings. The molecule has 1 aliphatic carbocycles. The van der Waals surface area contributed by atoms with E-state index in [1.807, 2.05) is 6.92 Å². The first kappa shape index (κ1) is 11.5. The molecule has 1 amide bonds. The second-order valence-corrected chi connectivity index (χ2v) is 5.40. The summed E-state index contributed by atoms with van der Waals surface area (Å²) in [5.74, 6) is -0.0511. The Bertz CT molecular complexity index is 369. The van der Waals surface area contributed by atoms with Crippen molar-refractivity contribution in [2.24, 2.45) is 5.73 Å². The van der Waals surface area contributed by atoms with Gasteiger partial charge in [0.1, 0.15) is 5.69 Å². The molecule has 4 nitrogen and oxygen atoms in total. The van der Waals surface area contributed by atoms with E-state index in [1.54, 1.807) is 5.38 Å². The Morgan fingerprint density at radius 2 is 2.19 bits per heavy atom. The van der Waals surface area contributed by atoms with Crippen molar-refractivity contribution in [3.05, 3.63) is 16.1 Å². The van der Waals surface area contributed by atoms with Crippen molar-refractivity contribution in [3.8, 4) is 0 Å². The van der Waals surface area contributed by atoms with E-state index in [4.69, 9.17) is 5.73 Å². The molecule has 0 saturated heterocycles. The first-order chi connectivity index (χ1) is 7.65. The lowest BCUT2D eigenvalue weighted by Crippen LogP contribution is -2.40. The van der Waals surface area contributed by atoms with E-state index in [9.17, 15) is 4.79 Å². The largest absolute Gasteiger partial charge is 0.348 e. The van der Waals surface area contributed by atoms with Gasteiger partial charge in [-0.2, -0.15) is 0 Å². The number of nitrogens with one attached hydrogen (secondary N) is 1. The Morgan fingerprint density at radius 3 is 2.75 bits per heavy atom. The molecule has 0 aliphatic heterocycles. The van der Waals surface area contributed by atoms with Gasteiger partial charge in [0.05, 0.1) is 5.01 Å². The average Bonchev–Trinajstić information content (AvgIpc) is 2.68. The van der Waals surface area contributed by atoms with E-state index in [-0.39, 0.29) is 11.9 Å². The van der Waals surface area contributed by atoms with Gasteiger partial charge >= 0.3 is 0 Å². The lowest BCUT2D eigenvalue weighted by Gasteiger charge is -2.26. The minimum Gasteiger partial charge on any atom is -0.348 e. The van der Waals surface area contributed by atoms with Crippen LogP contribution < -0.4 is 11.1 Å². The van der Waals surface area contributed by atoms with Crippen molar-refractivity contribution >= 4 is 17.2 Å². The normalized spacial score (nSPS) is 25.4. The first-order valence-corrected chi connectivity index (χ1v) is 6.51. The highest BCUT2D eigenvalue weighted by Crippen LogP contribution is 2.17. The van der Waals surface area contributed by atoms with E-state index in [0.29, 0.717) is 11.7 Å². The van der Waals surface area contributed by atoms with Gasteiger partial charge in [-0.25, -0.2) is 4.98 Å². The van der Waals surface area contributed by atoms with E-state index in [0.717, 1.165) is 30.7 Å². The smallest absolute Gasteiger partial charge is 0.270 e. The number of amides is 1. The number of thiazole rings is 1. The van der Waals surface area contributed by atoms with Crippen molar-refractivity contribution < 1.29 is 4.79 Å². The van der Waals surface area contributed by atoms with E-state index < -0.39 is 0 Å². The fourth-order valence-corrected chi connectivity index (χ4v) is 2.58. The molecular formula is C11H17N3OS. The lowest BCUT2D eigenvalue weighted by atomic mass is 9.92. The van der Waals surface area contributed by atoms with Crippen molar-refractivity contribution in [1.29, 1.82) is 0 Å². The first-order valence-electron chi connectivity index (χ1n) is 5.63. The number of hydrogen-bond acceptors (Lipinski definition) is 4. The summed E-state index contributed by atoms with van der Waals surface area (Å²) in [6.45, 7) is 1.90. The predicted molar refractivity (Wildman–Crippen MR) is 64.5 cm³/mol. The van der Waals surface area contributed by atoms with Crippen LogP contribution in [-0.4, -0.2) is 23.0 Å². The van der Waals surface area contributed by atoms with Crippen LogP contribution in [0, 0.1) is 6.92 Å². The van der Waals surface area contributed by atoms with Gasteiger partial charge in [-0.3, -0.25) is 4.79 Å². The summed E-state index contributed by atoms with van der Waals surface area (Å²) >= 11 is 1.50. The van der Waals surface area contributed by atoms with Gasteiger partial charge in [0, 0.05) is 17.5 Å². The molecule has 0 spiro atoms. The molecule has 1 aromatic heterocycles. The fraction of sp³-hybridized carbons (Fsp3) is 0.636. The maximum Gasteiger partial charge on any atom is 0.270 e. The van der Waals surface area contributed by atoms with Crippen LogP contribution in [0.25, 0.3) is 0 Å². The molecule has 1 heterocycles. The van der Waals surface area contributed by atoms with Crippen LogP contribution >= 0.6 is 11.3 Å². The topological polar surface area (TPSA) is 68.0 Å². The molecular weight excluding hydrogens is 222 g/mol. The number of rotatable bonds is 2. The maximum absolute atomic E-state index is 11.8. The molecule has 0 aromatic carbocycles. The molecule has 16 heavy (non-hydrogen) atoms. The number of aromatic nitrogens is 1. The Labute approximate surface area is 99.3 Å². The minimum atomic E-state index is -0.0511. The number of carbonyl (C=O) groups excluding carboxylic acids is 1. The molecule has 1 aromatic rings. The zero-order chi connectivity index (χ0) is 11.5. The van der Waals surface area contributed by atoms with Gasteiger partial charge in [-0.1, -0.05) is 0 Å². The van der Waals surface area contributed by atoms with Gasteiger partial charge < -0.3 is 11.1 Å². The second-order valence-electron chi connectivity index (χ2n) is 4.34. The SMILES string of the molecule is Cc1nc(C(=O)NC2CCC(N)CC2)cs1. The highest BCUT2D eigenvalue weighted by atomic mass is 32.1. The quantitative estimate of drug-likeness (QED) is 0.821. The fourth-order valence-electron chi connectivity index (χ4n) is 1.99. The molecule has 0 unspecified atom stereocenters. The number of aryl methyl sites for hydroxylation is 1. The molecule has 5 heteroatoms. The van der Waals surface area contributed by atoms with Gasteiger partial charge in [0.25, 0.3) is 5.91 Å². The Morgan fingerprint density at radius 1 is 1.50 bits per heavy atom. The Kier molecular flexibility index (Phi) is 3.56. The predicted octanol–water partition coefficient (Wildman–Crippen LogP) is 1.45. The summed E-state index contributed by atoms with van der Waals surface area (Å²) in [6.07, 6.45) is 3.97. The molecule has 1 saturated carbocycles. The van der Waals surface area contributed by atoms with Crippen LogP contribution in [-0.2, 0) is 0 Å². The highest BCUT2D eigenvalue weighted by Gasteiger charge is 2.21. The number of nitrogens with zero attached hydrogens (tertiary/aromatic N) is 1. The van der Waals surface area contributed by atoms with Crippen LogP contribution in [0.3, 0.4) is 0 Å². The van der Waals surface area contributed by atoms with E-state index >= 15 is 0 Å². The monoisotopic (exact) mass is 239 g/mol. The maximum atomic E-state index is 11.8. The summed E-state index contributed by atoms with van der Waals surface area (Å²) < 4.78 is 0. The van der Waals surface area contributed by atoms with E-state index in [2.05, 4.69) is 10.3 Å². The molecule has 3 N–H and O–H groups in total. The summed E-state index contributed by atoms with van der Waals surface area (Å²) in [5, 5.41) is 5.75. The van der Waals surface area contributed by atoms with Crippen LogP contribution in [0.2, 0.25) is 0 Å². The molecule has 0 radical (unpaired) electrons. The van der Waals surface area contributed by atoms with Gasteiger partial charge in [0.2, 0.25) is 0 Å². The molecule has 88 valence electrons. The minimum absolute atomic E-state index is 0.0511. The number of nitrogens with two attached hydrogens (primary N) is 1. The zero-order valence-electron chi connectivity index (χ0n) is 9.40. The van der Waals surface area contributed by atoms with Crippen molar-refractivity contribution in [3.63, 3.8) is 0 Å². The van der Waals surface area contributed by atoms with Crippen molar-refractivity contribution in [2.45, 2.75) is 44.7 Å². The Balaban J connectivity index is 1.88. The second kappa shape index (κ2) is 4.93. The summed E-state index contributed by atoms with van der Waals surface area (Å²) in [7, 11) is 0. The summed E-state index contributed by atoms with van der Waals surface area (Å²) in [6, 6.07) is 0.587. The zero-order valence-corrected chi connectivity index (χ0v) is 10.2. The van der Waals surface area contributed by atoms with Crippen molar-refractivity contribution in [1.82, 2.24) is 10.3 Å².